The van der Waals surface area contributed by atoms with E-state index in [0.29, 0.717) is 32.3 Å². The average Bonchev–Trinajstić information content (AvgIpc) is 3.25. The first kappa shape index (κ1) is 18.9. The van der Waals surface area contributed by atoms with Crippen LogP contribution in [0.3, 0.4) is 0 Å². The van der Waals surface area contributed by atoms with Gasteiger partial charge in [0.15, 0.2) is 11.2 Å². The fraction of sp³-hybridized carbons (Fsp3) is 0.136. The minimum atomic E-state index is -0.767. The summed E-state index contributed by atoms with van der Waals surface area (Å²) in [6.07, 6.45) is 0. The minimum absolute atomic E-state index is 0.0279. The van der Waals surface area contributed by atoms with E-state index in [2.05, 4.69) is 5.16 Å². The Bertz CT molecular complexity index is 1410. The molecular weight excluding hydrogens is 427 g/mol. The van der Waals surface area contributed by atoms with Crippen LogP contribution in [0, 0.1) is 13.8 Å². The van der Waals surface area contributed by atoms with Gasteiger partial charge in [0.2, 0.25) is 5.76 Å². The van der Waals surface area contributed by atoms with Crippen LogP contribution in [0.2, 0.25) is 10.0 Å². The number of aromatic nitrogens is 1. The number of aryl methyl sites for hydroxylation is 2. The third kappa shape index (κ3) is 2.75. The van der Waals surface area contributed by atoms with E-state index in [4.69, 9.17) is 32.1 Å². The van der Waals surface area contributed by atoms with E-state index >= 15 is 0 Å². The first-order chi connectivity index (χ1) is 14.3. The van der Waals surface area contributed by atoms with Gasteiger partial charge in [-0.15, -0.1) is 0 Å². The molecule has 1 aliphatic rings. The molecule has 0 N–H and O–H groups in total. The zero-order valence-electron chi connectivity index (χ0n) is 15.9. The quantitative estimate of drug-likeness (QED) is 0.413. The topological polar surface area (TPSA) is 76.6 Å². The summed E-state index contributed by atoms with van der Waals surface area (Å²) in [5.41, 5.74) is 1.59. The van der Waals surface area contributed by atoms with Crippen molar-refractivity contribution in [1.29, 1.82) is 0 Å². The number of nitrogens with zero attached hydrogens (tertiary/aromatic N) is 2. The standard InChI is InChI=1S/C22H14Cl2N2O4/c1-10-6-16-14(9-15(10)24)20(27)18-19(12-4-3-5-13(23)8-12)26(22(28)21(18)29-16)17-7-11(2)30-25-17/h3-9,19H,1-2H3. The molecule has 30 heavy (non-hydrogen) atoms. The molecule has 4 aromatic rings. The molecule has 1 amide bonds. The van der Waals surface area contributed by atoms with Gasteiger partial charge in [-0.2, -0.15) is 0 Å². The Morgan fingerprint density at radius 2 is 1.87 bits per heavy atom. The van der Waals surface area contributed by atoms with Gasteiger partial charge in [0, 0.05) is 16.1 Å². The molecule has 0 radical (unpaired) electrons. The summed E-state index contributed by atoms with van der Waals surface area (Å²) in [5, 5.41) is 5.22. The molecule has 1 unspecified atom stereocenters. The van der Waals surface area contributed by atoms with Crippen LogP contribution in [0.25, 0.3) is 11.0 Å². The molecule has 1 atom stereocenters. The molecular formula is C22H14Cl2N2O4. The summed E-state index contributed by atoms with van der Waals surface area (Å²) in [4.78, 5) is 28.3. The number of hydrogen-bond donors (Lipinski definition) is 0. The van der Waals surface area contributed by atoms with Crippen molar-refractivity contribution in [3.05, 3.63) is 90.9 Å². The summed E-state index contributed by atoms with van der Waals surface area (Å²) in [5.74, 6) is 0.312. The van der Waals surface area contributed by atoms with Crippen LogP contribution in [0.1, 0.15) is 39.0 Å². The van der Waals surface area contributed by atoms with E-state index in [1.165, 1.54) is 4.90 Å². The van der Waals surface area contributed by atoms with Crippen LogP contribution < -0.4 is 10.3 Å². The van der Waals surface area contributed by atoms with Gasteiger partial charge in [0.1, 0.15) is 11.3 Å². The Hall–Kier alpha value is -3.09. The third-order valence-corrected chi connectivity index (χ3v) is 5.82. The summed E-state index contributed by atoms with van der Waals surface area (Å²) < 4.78 is 11.1. The van der Waals surface area contributed by atoms with Crippen LogP contribution in [0.4, 0.5) is 5.82 Å². The van der Waals surface area contributed by atoms with Crippen LogP contribution in [-0.2, 0) is 0 Å². The number of hydrogen-bond acceptors (Lipinski definition) is 5. The number of rotatable bonds is 2. The van der Waals surface area contributed by atoms with E-state index in [0.717, 1.165) is 5.56 Å². The van der Waals surface area contributed by atoms with Crippen molar-refractivity contribution < 1.29 is 13.7 Å². The fourth-order valence-corrected chi connectivity index (χ4v) is 4.15. The Kier molecular flexibility index (Phi) is 4.24. The molecule has 0 saturated carbocycles. The highest BCUT2D eigenvalue weighted by Crippen LogP contribution is 2.41. The highest BCUT2D eigenvalue weighted by atomic mass is 35.5. The van der Waals surface area contributed by atoms with Gasteiger partial charge in [-0.25, -0.2) is 0 Å². The Labute approximate surface area is 180 Å². The van der Waals surface area contributed by atoms with E-state index in [1.54, 1.807) is 56.3 Å². The van der Waals surface area contributed by atoms with Gasteiger partial charge >= 0.3 is 0 Å². The molecule has 0 aliphatic carbocycles. The summed E-state index contributed by atoms with van der Waals surface area (Å²) in [7, 11) is 0. The summed E-state index contributed by atoms with van der Waals surface area (Å²) >= 11 is 12.4. The second kappa shape index (κ2) is 6.72. The molecule has 0 fully saturated rings. The first-order valence-corrected chi connectivity index (χ1v) is 9.90. The normalized spacial score (nSPS) is 15.8. The number of carbonyl (C=O) groups is 1. The molecule has 2 aromatic heterocycles. The lowest BCUT2D eigenvalue weighted by Gasteiger charge is -2.22. The van der Waals surface area contributed by atoms with Crippen molar-refractivity contribution in [3.8, 4) is 0 Å². The van der Waals surface area contributed by atoms with Gasteiger partial charge in [0.25, 0.3) is 5.91 Å². The van der Waals surface area contributed by atoms with Crippen LogP contribution in [0.15, 0.2) is 56.2 Å². The highest BCUT2D eigenvalue weighted by molar-refractivity contribution is 6.32. The molecule has 0 spiro atoms. The van der Waals surface area contributed by atoms with Crippen LogP contribution in [0.5, 0.6) is 0 Å². The Balaban J connectivity index is 1.84. The smallest absolute Gasteiger partial charge is 0.296 e. The minimum Gasteiger partial charge on any atom is -0.450 e. The maximum atomic E-state index is 13.5. The fourth-order valence-electron chi connectivity index (χ4n) is 3.79. The molecule has 150 valence electrons. The number of benzene rings is 2. The van der Waals surface area contributed by atoms with Crippen molar-refractivity contribution in [2.45, 2.75) is 19.9 Å². The van der Waals surface area contributed by atoms with Crippen LogP contribution in [-0.4, -0.2) is 11.1 Å². The third-order valence-electron chi connectivity index (χ3n) is 5.18. The number of halogens is 2. The van der Waals surface area contributed by atoms with Gasteiger partial charge in [-0.05, 0) is 49.2 Å². The average molecular weight is 441 g/mol. The molecule has 0 bridgehead atoms. The maximum absolute atomic E-state index is 13.5. The summed E-state index contributed by atoms with van der Waals surface area (Å²) in [6.45, 7) is 3.52. The summed E-state index contributed by atoms with van der Waals surface area (Å²) in [6, 6.07) is 11.1. The molecule has 3 heterocycles. The van der Waals surface area contributed by atoms with E-state index in [-0.39, 0.29) is 22.6 Å². The highest BCUT2D eigenvalue weighted by Gasteiger charge is 2.45. The molecule has 6 nitrogen and oxygen atoms in total. The zero-order chi connectivity index (χ0) is 21.2. The SMILES string of the molecule is Cc1cc(N2C(=O)c3oc4cc(C)c(Cl)cc4c(=O)c3C2c2cccc(Cl)c2)no1. The lowest BCUT2D eigenvalue weighted by molar-refractivity contribution is 0.0969. The van der Waals surface area contributed by atoms with Crippen molar-refractivity contribution >= 4 is 45.9 Å². The molecule has 5 rings (SSSR count). The Morgan fingerprint density at radius 3 is 2.57 bits per heavy atom. The lowest BCUT2D eigenvalue weighted by atomic mass is 9.98. The molecule has 0 saturated heterocycles. The van der Waals surface area contributed by atoms with Gasteiger partial charge < -0.3 is 8.94 Å². The van der Waals surface area contributed by atoms with Crippen molar-refractivity contribution in [2.24, 2.45) is 0 Å². The van der Waals surface area contributed by atoms with Crippen molar-refractivity contribution in [2.75, 3.05) is 4.90 Å². The van der Waals surface area contributed by atoms with Gasteiger partial charge in [-0.1, -0.05) is 40.5 Å². The number of fused-ring (bicyclic) bond motifs is 2. The number of anilines is 1. The molecule has 8 heteroatoms. The second-order valence-electron chi connectivity index (χ2n) is 7.20. The molecule has 1 aliphatic heterocycles. The molecule has 2 aromatic carbocycles. The van der Waals surface area contributed by atoms with Gasteiger partial charge in [0.05, 0.1) is 17.0 Å². The zero-order valence-corrected chi connectivity index (χ0v) is 17.4. The van der Waals surface area contributed by atoms with Gasteiger partial charge in [-0.3, -0.25) is 14.5 Å². The number of amides is 1. The Morgan fingerprint density at radius 1 is 1.07 bits per heavy atom. The lowest BCUT2D eigenvalue weighted by Crippen LogP contribution is -2.29. The van der Waals surface area contributed by atoms with Crippen molar-refractivity contribution in [3.63, 3.8) is 0 Å². The predicted molar refractivity (Wildman–Crippen MR) is 114 cm³/mol. The maximum Gasteiger partial charge on any atom is 0.296 e. The van der Waals surface area contributed by atoms with E-state index in [1.807, 2.05) is 0 Å². The monoisotopic (exact) mass is 440 g/mol. The van der Waals surface area contributed by atoms with E-state index < -0.39 is 11.9 Å². The largest absolute Gasteiger partial charge is 0.450 e. The predicted octanol–water partition coefficient (Wildman–Crippen LogP) is 5.45. The second-order valence-corrected chi connectivity index (χ2v) is 8.04. The van der Waals surface area contributed by atoms with Crippen LogP contribution >= 0.6 is 23.2 Å². The first-order valence-electron chi connectivity index (χ1n) is 9.14. The van der Waals surface area contributed by atoms with Crippen molar-refractivity contribution in [1.82, 2.24) is 5.16 Å². The number of carbonyl (C=O) groups excluding carboxylic acids is 1. The van der Waals surface area contributed by atoms with E-state index in [9.17, 15) is 9.59 Å².